The van der Waals surface area contributed by atoms with Gasteiger partial charge in [0.05, 0.1) is 0 Å². The lowest BCUT2D eigenvalue weighted by molar-refractivity contribution is -0.433. The number of nitrogens with zero attached hydrogens (tertiary/aromatic N) is 1. The molecule has 0 amide bonds. The lowest BCUT2D eigenvalue weighted by atomic mass is 9.98. The Labute approximate surface area is 211 Å². The summed E-state index contributed by atoms with van der Waals surface area (Å²) < 4.78 is 198. The van der Waals surface area contributed by atoms with Gasteiger partial charge in [-0.1, -0.05) is 18.6 Å². The van der Waals surface area contributed by atoms with Gasteiger partial charge in [-0.15, -0.1) is 17.0 Å². The zero-order valence-electron chi connectivity index (χ0n) is 18.0. The molecule has 4 nitrogen and oxygen atoms in total. The van der Waals surface area contributed by atoms with E-state index in [0.717, 1.165) is 31.4 Å². The predicted octanol–water partition coefficient (Wildman–Crippen LogP) is 6.66. The zero-order chi connectivity index (χ0) is 28.0. The van der Waals surface area contributed by atoms with Gasteiger partial charge in [-0.25, -0.2) is 0 Å². The Bertz CT molecular complexity index is 1020. The largest absolute Gasteiger partial charge is 0.460 e. The van der Waals surface area contributed by atoms with Crippen LogP contribution in [0.1, 0.15) is 24.8 Å². The fraction of sp³-hybridized carbons (Fsp3) is 0.667. The van der Waals surface area contributed by atoms with Crippen LogP contribution in [0.25, 0.3) is 0 Å². The van der Waals surface area contributed by atoms with Gasteiger partial charge in [0.15, 0.2) is 0 Å². The molecule has 216 valence electrons. The number of rotatable bonds is 9. The van der Waals surface area contributed by atoms with Gasteiger partial charge >= 0.3 is 45.2 Å². The average Bonchev–Trinajstić information content (AvgIpc) is 2.74. The SMILES string of the molecule is Br.O=S(=O)(Oc1ccc(CN2CCCCC2)cc1)C(F)(F)C(F)(F)C(F)(F)C(F)(F)C(F)(F)C(F)(F)F. The van der Waals surface area contributed by atoms with Gasteiger partial charge in [0, 0.05) is 6.54 Å². The van der Waals surface area contributed by atoms with Crippen LogP contribution in [0.3, 0.4) is 0 Å². The molecule has 1 aliphatic heterocycles. The normalized spacial score (nSPS) is 17.3. The summed E-state index contributed by atoms with van der Waals surface area (Å²) in [5.41, 5.74) is 0.444. The Balaban J connectivity index is 0.00000684. The molecule has 0 unspecified atom stereocenters. The van der Waals surface area contributed by atoms with Crippen molar-refractivity contribution in [2.75, 3.05) is 13.1 Å². The van der Waals surface area contributed by atoms with E-state index in [-0.39, 0.29) is 23.5 Å². The third-order valence-corrected chi connectivity index (χ3v) is 6.50. The number of hydrogen-bond acceptors (Lipinski definition) is 4. The highest BCUT2D eigenvalue weighted by Crippen LogP contribution is 2.61. The van der Waals surface area contributed by atoms with Gasteiger partial charge in [-0.2, -0.15) is 65.5 Å². The van der Waals surface area contributed by atoms with E-state index in [4.69, 9.17) is 0 Å². The first-order valence-electron chi connectivity index (χ1n) is 9.74. The summed E-state index contributed by atoms with van der Waals surface area (Å²) in [6.45, 7) is 1.68. The molecule has 0 saturated carbocycles. The fourth-order valence-electron chi connectivity index (χ4n) is 3.12. The topological polar surface area (TPSA) is 46.6 Å². The van der Waals surface area contributed by atoms with Crippen molar-refractivity contribution in [2.45, 2.75) is 60.9 Å². The van der Waals surface area contributed by atoms with Crippen LogP contribution in [-0.4, -0.2) is 61.5 Å². The maximum absolute atomic E-state index is 14.0. The first kappa shape index (κ1) is 33.5. The Morgan fingerprint density at radius 1 is 0.676 bits per heavy atom. The third kappa shape index (κ3) is 5.77. The molecule has 1 heterocycles. The van der Waals surface area contributed by atoms with Crippen molar-refractivity contribution < 1.29 is 69.7 Å². The molecule has 1 aliphatic rings. The molecule has 1 fully saturated rings. The second-order valence-corrected chi connectivity index (χ2v) is 9.42. The number of halogens is 14. The number of likely N-dealkylation sites (tertiary alicyclic amines) is 1. The lowest BCUT2D eigenvalue weighted by Crippen LogP contribution is -2.71. The third-order valence-electron chi connectivity index (χ3n) is 5.20. The van der Waals surface area contributed by atoms with Crippen LogP contribution in [0.5, 0.6) is 5.75 Å². The monoisotopic (exact) mass is 653 g/mol. The van der Waals surface area contributed by atoms with E-state index in [2.05, 4.69) is 4.18 Å². The molecule has 1 aromatic carbocycles. The first-order chi connectivity index (χ1) is 16.0. The zero-order valence-corrected chi connectivity index (χ0v) is 20.5. The van der Waals surface area contributed by atoms with Crippen molar-refractivity contribution in [3.63, 3.8) is 0 Å². The van der Waals surface area contributed by atoms with E-state index in [1.807, 2.05) is 4.90 Å². The van der Waals surface area contributed by atoms with Crippen molar-refractivity contribution in [3.8, 4) is 5.75 Å². The van der Waals surface area contributed by atoms with Crippen LogP contribution >= 0.6 is 17.0 Å². The summed E-state index contributed by atoms with van der Waals surface area (Å²) in [6, 6.07) is 3.38. The molecule has 37 heavy (non-hydrogen) atoms. The van der Waals surface area contributed by atoms with Gasteiger partial charge < -0.3 is 4.18 Å². The molecule has 0 radical (unpaired) electrons. The maximum atomic E-state index is 14.0. The Morgan fingerprint density at radius 2 is 1.11 bits per heavy atom. The van der Waals surface area contributed by atoms with Crippen LogP contribution in [-0.2, 0) is 16.7 Å². The molecule has 0 atom stereocenters. The van der Waals surface area contributed by atoms with Gasteiger partial charge in [-0.3, -0.25) is 4.90 Å². The minimum Gasteiger partial charge on any atom is -0.378 e. The summed E-state index contributed by atoms with van der Waals surface area (Å²) >= 11 is 0. The standard InChI is InChI=1S/C18H16F13NO3S.BrH/c19-13(20,15(23,24)17(27,28)29)14(21,22)16(25,26)18(30,31)36(33,34)35-12-6-4-11(5-7-12)10-32-8-2-1-3-9-32;/h4-7H,1-3,8-10H2;1H. The minimum absolute atomic E-state index is 0. The molecule has 0 N–H and O–H groups in total. The molecule has 0 aliphatic carbocycles. The fourth-order valence-corrected chi connectivity index (χ4v) is 4.03. The number of hydrogen-bond donors (Lipinski definition) is 0. The smallest absolute Gasteiger partial charge is 0.378 e. The van der Waals surface area contributed by atoms with Crippen molar-refractivity contribution >= 4 is 27.1 Å². The molecule has 1 aromatic rings. The van der Waals surface area contributed by atoms with E-state index in [1.165, 1.54) is 0 Å². The number of benzene rings is 1. The number of piperidine rings is 1. The van der Waals surface area contributed by atoms with Crippen molar-refractivity contribution in [3.05, 3.63) is 29.8 Å². The predicted molar refractivity (Wildman–Crippen MR) is 106 cm³/mol. The van der Waals surface area contributed by atoms with Crippen LogP contribution < -0.4 is 4.18 Å². The second kappa shape index (κ2) is 10.6. The van der Waals surface area contributed by atoms with Crippen molar-refractivity contribution in [2.24, 2.45) is 0 Å². The van der Waals surface area contributed by atoms with Gasteiger partial charge in [0.25, 0.3) is 0 Å². The Hall–Kier alpha value is -1.50. The highest BCUT2D eigenvalue weighted by molar-refractivity contribution is 8.93. The highest BCUT2D eigenvalue weighted by atomic mass is 79.9. The first-order valence-corrected chi connectivity index (χ1v) is 11.1. The summed E-state index contributed by atoms with van der Waals surface area (Å²) in [5, 5.41) is -7.40. The van der Waals surface area contributed by atoms with E-state index in [9.17, 15) is 65.5 Å². The van der Waals surface area contributed by atoms with Crippen LogP contribution in [0.2, 0.25) is 0 Å². The van der Waals surface area contributed by atoms with Crippen molar-refractivity contribution in [1.82, 2.24) is 4.90 Å². The van der Waals surface area contributed by atoms with Gasteiger partial charge in [-0.05, 0) is 43.6 Å². The molecule has 19 heteroatoms. The molecule has 0 spiro atoms. The average molecular weight is 654 g/mol. The van der Waals surface area contributed by atoms with Crippen LogP contribution in [0, 0.1) is 0 Å². The summed E-state index contributed by atoms with van der Waals surface area (Å²) in [5.74, 6) is -33.6. The summed E-state index contributed by atoms with van der Waals surface area (Å²) in [4.78, 5) is 1.95. The van der Waals surface area contributed by atoms with E-state index in [0.29, 0.717) is 30.8 Å². The van der Waals surface area contributed by atoms with Crippen LogP contribution in [0.4, 0.5) is 57.1 Å². The Morgan fingerprint density at radius 3 is 1.54 bits per heavy atom. The summed E-state index contributed by atoms with van der Waals surface area (Å²) in [6.07, 6.45) is -4.86. The molecular formula is C18H17BrF13NO3S. The second-order valence-electron chi connectivity index (χ2n) is 7.83. The molecule has 2 rings (SSSR count). The Kier molecular flexibility index (Phi) is 9.59. The minimum atomic E-state index is -8.24. The van der Waals surface area contributed by atoms with Crippen LogP contribution in [0.15, 0.2) is 24.3 Å². The maximum Gasteiger partial charge on any atom is 0.460 e. The number of alkyl halides is 13. The van der Waals surface area contributed by atoms with Gasteiger partial charge in [0.2, 0.25) is 0 Å². The lowest BCUT2D eigenvalue weighted by Gasteiger charge is -2.38. The van der Waals surface area contributed by atoms with E-state index in [1.54, 1.807) is 0 Å². The van der Waals surface area contributed by atoms with E-state index >= 15 is 0 Å². The van der Waals surface area contributed by atoms with E-state index < -0.39 is 51.0 Å². The molecular weight excluding hydrogens is 637 g/mol. The molecule has 0 aromatic heterocycles. The highest BCUT2D eigenvalue weighted by Gasteiger charge is 2.93. The van der Waals surface area contributed by atoms with Crippen molar-refractivity contribution in [1.29, 1.82) is 0 Å². The van der Waals surface area contributed by atoms with Gasteiger partial charge in [0.1, 0.15) is 5.75 Å². The quantitative estimate of drug-likeness (QED) is 0.221. The summed E-state index contributed by atoms with van der Waals surface area (Å²) in [7, 11) is -7.37. The molecule has 1 saturated heterocycles. The molecule has 0 bridgehead atoms.